The number of hydrazone groups is 1. The van der Waals surface area contributed by atoms with Crippen molar-refractivity contribution in [1.29, 1.82) is 0 Å². The van der Waals surface area contributed by atoms with Crippen LogP contribution in [0.25, 0.3) is 6.08 Å². The SMILES string of the molecule is COc1ccc(C=NN2C(=O)C(=Cc3ccc(OC)c(Br)c3)SC2=S)cc1. The number of carbonyl (C=O) groups excluding carboxylic acids is 1. The second-order valence-electron chi connectivity index (χ2n) is 5.41. The second kappa shape index (κ2) is 8.69. The van der Waals surface area contributed by atoms with Crippen molar-refractivity contribution in [3.63, 3.8) is 0 Å². The molecule has 5 nitrogen and oxygen atoms in total. The van der Waals surface area contributed by atoms with Gasteiger partial charge in [0.05, 0.1) is 29.8 Å². The van der Waals surface area contributed by atoms with Gasteiger partial charge in [-0.2, -0.15) is 10.1 Å². The molecular weight excluding hydrogens is 448 g/mol. The lowest BCUT2D eigenvalue weighted by Crippen LogP contribution is -2.22. The lowest BCUT2D eigenvalue weighted by Gasteiger charge is -2.06. The Balaban J connectivity index is 1.77. The Morgan fingerprint density at radius 3 is 2.44 bits per heavy atom. The first-order valence-corrected chi connectivity index (χ1v) is 9.83. The molecule has 27 heavy (non-hydrogen) atoms. The summed E-state index contributed by atoms with van der Waals surface area (Å²) in [5.41, 5.74) is 1.70. The fourth-order valence-electron chi connectivity index (χ4n) is 2.30. The van der Waals surface area contributed by atoms with Crippen LogP contribution in [0.2, 0.25) is 0 Å². The summed E-state index contributed by atoms with van der Waals surface area (Å²) in [6, 6.07) is 12.9. The van der Waals surface area contributed by atoms with Crippen molar-refractivity contribution < 1.29 is 14.3 Å². The quantitative estimate of drug-likeness (QED) is 0.366. The van der Waals surface area contributed by atoms with E-state index in [0.29, 0.717) is 9.23 Å². The summed E-state index contributed by atoms with van der Waals surface area (Å²) in [4.78, 5) is 13.1. The third kappa shape index (κ3) is 4.58. The zero-order chi connectivity index (χ0) is 19.4. The van der Waals surface area contributed by atoms with Crippen LogP contribution in [0.1, 0.15) is 11.1 Å². The van der Waals surface area contributed by atoms with E-state index in [9.17, 15) is 4.79 Å². The standard InChI is InChI=1S/C19H15BrN2O3S2/c1-24-14-6-3-12(4-7-14)11-21-22-18(23)17(27-19(22)26)10-13-5-8-16(25-2)15(20)9-13/h3-11H,1-2H3. The van der Waals surface area contributed by atoms with Crippen LogP contribution in [0, 0.1) is 0 Å². The second-order valence-corrected chi connectivity index (χ2v) is 7.94. The highest BCUT2D eigenvalue weighted by Gasteiger charge is 2.32. The molecule has 1 saturated heterocycles. The highest BCUT2D eigenvalue weighted by Crippen LogP contribution is 2.34. The van der Waals surface area contributed by atoms with Crippen molar-refractivity contribution in [1.82, 2.24) is 5.01 Å². The van der Waals surface area contributed by atoms with Crippen LogP contribution in [0.15, 0.2) is 56.9 Å². The molecule has 0 unspecified atom stereocenters. The molecule has 0 atom stereocenters. The highest BCUT2D eigenvalue weighted by atomic mass is 79.9. The fraction of sp³-hybridized carbons (Fsp3) is 0.105. The van der Waals surface area contributed by atoms with Crippen LogP contribution < -0.4 is 9.47 Å². The number of amides is 1. The number of carbonyl (C=O) groups is 1. The molecule has 0 radical (unpaired) electrons. The third-order valence-corrected chi connectivity index (χ3v) is 5.59. The van der Waals surface area contributed by atoms with Crippen LogP contribution in [0.5, 0.6) is 11.5 Å². The van der Waals surface area contributed by atoms with Crippen LogP contribution in [-0.2, 0) is 4.79 Å². The largest absolute Gasteiger partial charge is 0.497 e. The maximum atomic E-state index is 12.6. The number of methoxy groups -OCH3 is 2. The molecule has 0 aromatic heterocycles. The van der Waals surface area contributed by atoms with Gasteiger partial charge in [0.15, 0.2) is 4.32 Å². The lowest BCUT2D eigenvalue weighted by atomic mass is 10.2. The van der Waals surface area contributed by atoms with Crippen LogP contribution >= 0.6 is 39.9 Å². The molecule has 1 fully saturated rings. The minimum atomic E-state index is -0.248. The van der Waals surface area contributed by atoms with Crippen molar-refractivity contribution in [2.75, 3.05) is 14.2 Å². The van der Waals surface area contributed by atoms with Crippen molar-refractivity contribution in [3.8, 4) is 11.5 Å². The Labute approximate surface area is 175 Å². The van der Waals surface area contributed by atoms with Gasteiger partial charge in [0, 0.05) is 0 Å². The average Bonchev–Trinajstić information content (AvgIpc) is 2.93. The summed E-state index contributed by atoms with van der Waals surface area (Å²) in [7, 11) is 3.21. The maximum Gasteiger partial charge on any atom is 0.286 e. The topological polar surface area (TPSA) is 51.1 Å². The Bertz CT molecular complexity index is 942. The summed E-state index contributed by atoms with van der Waals surface area (Å²) in [5, 5.41) is 5.46. The predicted molar refractivity (Wildman–Crippen MR) is 116 cm³/mol. The molecule has 1 aliphatic rings. The fourth-order valence-corrected chi connectivity index (χ4v) is 4.03. The van der Waals surface area contributed by atoms with Gasteiger partial charge in [-0.25, -0.2) is 0 Å². The van der Waals surface area contributed by atoms with E-state index in [2.05, 4.69) is 21.0 Å². The number of thiocarbonyl (C=S) groups is 1. The molecule has 8 heteroatoms. The Kier molecular flexibility index (Phi) is 6.30. The van der Waals surface area contributed by atoms with Gasteiger partial charge in [0.1, 0.15) is 11.5 Å². The molecular formula is C19H15BrN2O3S2. The van der Waals surface area contributed by atoms with Gasteiger partial charge < -0.3 is 9.47 Å². The van der Waals surface area contributed by atoms with Gasteiger partial charge in [-0.3, -0.25) is 4.79 Å². The lowest BCUT2D eigenvalue weighted by molar-refractivity contribution is -0.122. The van der Waals surface area contributed by atoms with E-state index in [4.69, 9.17) is 21.7 Å². The molecule has 0 N–H and O–H groups in total. The Hall–Kier alpha value is -2.16. The smallest absolute Gasteiger partial charge is 0.286 e. The van der Waals surface area contributed by atoms with Gasteiger partial charge in [0.25, 0.3) is 5.91 Å². The van der Waals surface area contributed by atoms with E-state index < -0.39 is 0 Å². The average molecular weight is 463 g/mol. The number of rotatable bonds is 5. The molecule has 3 rings (SSSR count). The molecule has 2 aromatic rings. The molecule has 0 aliphatic carbocycles. The number of ether oxygens (including phenoxy) is 2. The zero-order valence-corrected chi connectivity index (χ0v) is 17.7. The summed E-state index contributed by atoms with van der Waals surface area (Å²) >= 11 is 9.96. The van der Waals surface area contributed by atoms with Gasteiger partial charge in [-0.1, -0.05) is 17.8 Å². The van der Waals surface area contributed by atoms with E-state index in [0.717, 1.165) is 27.1 Å². The van der Waals surface area contributed by atoms with E-state index in [1.54, 1.807) is 26.5 Å². The molecule has 0 bridgehead atoms. The molecule has 2 aromatic carbocycles. The Morgan fingerprint density at radius 2 is 1.81 bits per heavy atom. The van der Waals surface area contributed by atoms with Crippen molar-refractivity contribution >= 4 is 62.4 Å². The number of halogens is 1. The molecule has 0 spiro atoms. The predicted octanol–water partition coefficient (Wildman–Crippen LogP) is 4.70. The Morgan fingerprint density at radius 1 is 1.11 bits per heavy atom. The monoisotopic (exact) mass is 462 g/mol. The molecule has 0 saturated carbocycles. The normalized spacial score (nSPS) is 15.8. The first kappa shape index (κ1) is 19.6. The van der Waals surface area contributed by atoms with E-state index >= 15 is 0 Å². The van der Waals surface area contributed by atoms with Gasteiger partial charge in [-0.05, 0) is 81.7 Å². The van der Waals surface area contributed by atoms with Gasteiger partial charge >= 0.3 is 0 Å². The van der Waals surface area contributed by atoms with Crippen molar-refractivity contribution in [2.24, 2.45) is 5.10 Å². The summed E-state index contributed by atoms with van der Waals surface area (Å²) in [6.45, 7) is 0. The minimum absolute atomic E-state index is 0.248. The number of hydrogen-bond donors (Lipinski definition) is 0. The summed E-state index contributed by atoms with van der Waals surface area (Å²) in [5.74, 6) is 1.23. The summed E-state index contributed by atoms with van der Waals surface area (Å²) < 4.78 is 11.5. The van der Waals surface area contributed by atoms with E-state index in [1.165, 1.54) is 16.8 Å². The summed E-state index contributed by atoms with van der Waals surface area (Å²) in [6.07, 6.45) is 3.38. The number of nitrogens with zero attached hydrogens (tertiary/aromatic N) is 2. The number of thioether (sulfide) groups is 1. The van der Waals surface area contributed by atoms with Gasteiger partial charge in [-0.15, -0.1) is 0 Å². The van der Waals surface area contributed by atoms with E-state index in [1.807, 2.05) is 42.5 Å². The van der Waals surface area contributed by atoms with Crippen molar-refractivity contribution in [2.45, 2.75) is 0 Å². The van der Waals surface area contributed by atoms with Crippen LogP contribution in [-0.4, -0.2) is 35.7 Å². The minimum Gasteiger partial charge on any atom is -0.497 e. The third-order valence-electron chi connectivity index (χ3n) is 3.69. The van der Waals surface area contributed by atoms with E-state index in [-0.39, 0.29) is 5.91 Å². The highest BCUT2D eigenvalue weighted by molar-refractivity contribution is 9.10. The molecule has 1 heterocycles. The molecule has 1 amide bonds. The van der Waals surface area contributed by atoms with Crippen molar-refractivity contribution in [3.05, 3.63) is 63.0 Å². The maximum absolute atomic E-state index is 12.6. The number of benzene rings is 2. The van der Waals surface area contributed by atoms with Gasteiger partial charge in [0.2, 0.25) is 0 Å². The van der Waals surface area contributed by atoms with Crippen LogP contribution in [0.3, 0.4) is 0 Å². The zero-order valence-electron chi connectivity index (χ0n) is 14.5. The molecule has 138 valence electrons. The molecule has 1 aliphatic heterocycles. The first-order chi connectivity index (χ1) is 13.0. The number of hydrogen-bond acceptors (Lipinski definition) is 6. The van der Waals surface area contributed by atoms with Crippen LogP contribution in [0.4, 0.5) is 0 Å². The first-order valence-electron chi connectivity index (χ1n) is 7.81.